The monoisotopic (exact) mass is 313 g/mol. The number of halogens is 1. The fourth-order valence-corrected chi connectivity index (χ4v) is 2.78. The minimum Gasteiger partial charge on any atom is -0.383 e. The van der Waals surface area contributed by atoms with Crippen LogP contribution in [0.15, 0.2) is 28.3 Å². The van der Waals surface area contributed by atoms with Crippen LogP contribution in [0.3, 0.4) is 0 Å². The third-order valence-corrected chi connectivity index (χ3v) is 4.26. The van der Waals surface area contributed by atoms with E-state index in [9.17, 15) is 0 Å². The first-order chi connectivity index (χ1) is 9.72. The van der Waals surface area contributed by atoms with Gasteiger partial charge in [0.25, 0.3) is 0 Å². The largest absolute Gasteiger partial charge is 0.383 e. The molecule has 0 amide bonds. The molecular weight excluding hydrogens is 298 g/mol. The summed E-state index contributed by atoms with van der Waals surface area (Å²) in [5, 5.41) is 16.1. The van der Waals surface area contributed by atoms with Gasteiger partial charge in [-0.2, -0.15) is 0 Å². The van der Waals surface area contributed by atoms with Crippen molar-refractivity contribution in [2.24, 2.45) is 7.05 Å². The Bertz CT molecular complexity index is 563. The molecule has 2 aromatic rings. The Kier molecular flexibility index (Phi) is 5.78. The molecule has 1 heterocycles. The Labute approximate surface area is 126 Å². The van der Waals surface area contributed by atoms with Crippen LogP contribution in [0.1, 0.15) is 5.56 Å². The SMILES string of the molecule is COCCNCc1cccc(Cl)c1Sc1nnnn1C. The normalized spacial score (nSPS) is 10.9. The van der Waals surface area contributed by atoms with Gasteiger partial charge in [0.15, 0.2) is 0 Å². The standard InChI is InChI=1S/C12H16ClN5OS/c1-18-12(15-16-17-18)20-11-9(4-3-5-10(11)13)8-14-6-7-19-2/h3-5,14H,6-8H2,1-2H3. The van der Waals surface area contributed by atoms with Crippen molar-refractivity contribution >= 4 is 23.4 Å². The molecule has 0 bridgehead atoms. The number of methoxy groups -OCH3 is 1. The van der Waals surface area contributed by atoms with E-state index in [2.05, 4.69) is 20.8 Å². The topological polar surface area (TPSA) is 64.9 Å². The van der Waals surface area contributed by atoms with Gasteiger partial charge in [0.1, 0.15) is 0 Å². The molecule has 8 heteroatoms. The van der Waals surface area contributed by atoms with Crippen molar-refractivity contribution in [2.45, 2.75) is 16.6 Å². The van der Waals surface area contributed by atoms with Crippen molar-refractivity contribution in [1.29, 1.82) is 0 Å². The molecule has 0 spiro atoms. The summed E-state index contributed by atoms with van der Waals surface area (Å²) in [4.78, 5) is 0.969. The van der Waals surface area contributed by atoms with Gasteiger partial charge in [-0.3, -0.25) is 0 Å². The van der Waals surface area contributed by atoms with Crippen LogP contribution in [0.5, 0.6) is 0 Å². The van der Waals surface area contributed by atoms with E-state index in [0.717, 1.165) is 23.5 Å². The highest BCUT2D eigenvalue weighted by Crippen LogP contribution is 2.34. The number of rotatable bonds is 7. The first-order valence-corrected chi connectivity index (χ1v) is 7.29. The van der Waals surface area contributed by atoms with E-state index in [0.29, 0.717) is 16.8 Å². The van der Waals surface area contributed by atoms with Crippen molar-refractivity contribution in [3.05, 3.63) is 28.8 Å². The van der Waals surface area contributed by atoms with Crippen LogP contribution in [-0.4, -0.2) is 40.5 Å². The first kappa shape index (κ1) is 15.2. The summed E-state index contributed by atoms with van der Waals surface area (Å²) in [5.41, 5.74) is 1.11. The molecule has 1 aromatic carbocycles. The second-order valence-electron chi connectivity index (χ2n) is 4.08. The predicted octanol–water partition coefficient (Wildman–Crippen LogP) is 1.75. The van der Waals surface area contributed by atoms with E-state index in [1.807, 2.05) is 18.2 Å². The number of nitrogens with one attached hydrogen (secondary N) is 1. The van der Waals surface area contributed by atoms with E-state index in [-0.39, 0.29) is 0 Å². The van der Waals surface area contributed by atoms with Gasteiger partial charge in [0, 0.05) is 32.1 Å². The van der Waals surface area contributed by atoms with E-state index in [4.69, 9.17) is 16.3 Å². The van der Waals surface area contributed by atoms with E-state index in [1.165, 1.54) is 11.8 Å². The molecule has 0 aliphatic rings. The van der Waals surface area contributed by atoms with Crippen molar-refractivity contribution in [1.82, 2.24) is 25.5 Å². The van der Waals surface area contributed by atoms with Crippen molar-refractivity contribution in [3.8, 4) is 0 Å². The quantitative estimate of drug-likeness (QED) is 0.786. The Balaban J connectivity index is 2.12. The zero-order chi connectivity index (χ0) is 14.4. The Morgan fingerprint density at radius 2 is 2.30 bits per heavy atom. The summed E-state index contributed by atoms with van der Waals surface area (Å²) < 4.78 is 6.63. The maximum absolute atomic E-state index is 6.29. The third kappa shape index (κ3) is 3.92. The van der Waals surface area contributed by atoms with Crippen molar-refractivity contribution in [3.63, 3.8) is 0 Å². The number of hydrogen-bond acceptors (Lipinski definition) is 6. The summed E-state index contributed by atoms with van der Waals surface area (Å²) in [5.74, 6) is 0. The van der Waals surface area contributed by atoms with E-state index >= 15 is 0 Å². The van der Waals surface area contributed by atoms with Gasteiger partial charge < -0.3 is 10.1 Å². The molecule has 0 aliphatic carbocycles. The highest BCUT2D eigenvalue weighted by Gasteiger charge is 2.12. The molecule has 20 heavy (non-hydrogen) atoms. The zero-order valence-corrected chi connectivity index (χ0v) is 12.9. The van der Waals surface area contributed by atoms with Gasteiger partial charge in [-0.1, -0.05) is 23.7 Å². The van der Waals surface area contributed by atoms with Crippen LogP contribution in [0.4, 0.5) is 0 Å². The molecule has 2 rings (SSSR count). The minimum absolute atomic E-state index is 0.677. The maximum atomic E-state index is 6.29. The number of tetrazole rings is 1. The number of benzene rings is 1. The maximum Gasteiger partial charge on any atom is 0.213 e. The minimum atomic E-state index is 0.677. The van der Waals surface area contributed by atoms with Gasteiger partial charge in [0.2, 0.25) is 5.16 Å². The molecule has 0 radical (unpaired) electrons. The average Bonchev–Trinajstić information content (AvgIpc) is 2.84. The molecule has 0 fully saturated rings. The summed E-state index contributed by atoms with van der Waals surface area (Å²) >= 11 is 7.75. The molecule has 0 saturated carbocycles. The molecule has 1 aromatic heterocycles. The number of hydrogen-bond donors (Lipinski definition) is 1. The lowest BCUT2D eigenvalue weighted by Gasteiger charge is -2.11. The third-order valence-electron chi connectivity index (χ3n) is 2.62. The van der Waals surface area contributed by atoms with Gasteiger partial charge in [0.05, 0.1) is 11.6 Å². The van der Waals surface area contributed by atoms with Crippen molar-refractivity contribution in [2.75, 3.05) is 20.3 Å². The lowest BCUT2D eigenvalue weighted by Crippen LogP contribution is -2.19. The molecule has 0 saturated heterocycles. The molecular formula is C12H16ClN5OS. The van der Waals surface area contributed by atoms with Crippen molar-refractivity contribution < 1.29 is 4.74 Å². The lowest BCUT2D eigenvalue weighted by atomic mass is 10.2. The number of ether oxygens (including phenoxy) is 1. The van der Waals surface area contributed by atoms with E-state index in [1.54, 1.807) is 18.8 Å². The molecule has 0 unspecified atom stereocenters. The summed E-state index contributed by atoms with van der Waals surface area (Å²) in [7, 11) is 3.49. The zero-order valence-electron chi connectivity index (χ0n) is 11.3. The number of aryl methyl sites for hydroxylation is 1. The second-order valence-corrected chi connectivity index (χ2v) is 5.47. The van der Waals surface area contributed by atoms with Crippen LogP contribution in [-0.2, 0) is 18.3 Å². The number of aromatic nitrogens is 4. The molecule has 1 N–H and O–H groups in total. The summed E-state index contributed by atoms with van der Waals surface area (Å²) in [6, 6.07) is 5.85. The highest BCUT2D eigenvalue weighted by atomic mass is 35.5. The van der Waals surface area contributed by atoms with Gasteiger partial charge >= 0.3 is 0 Å². The highest BCUT2D eigenvalue weighted by molar-refractivity contribution is 7.99. The van der Waals surface area contributed by atoms with E-state index < -0.39 is 0 Å². The fraction of sp³-hybridized carbons (Fsp3) is 0.417. The smallest absolute Gasteiger partial charge is 0.213 e. The Morgan fingerprint density at radius 3 is 3.00 bits per heavy atom. The lowest BCUT2D eigenvalue weighted by molar-refractivity contribution is 0.199. The molecule has 0 atom stereocenters. The predicted molar refractivity (Wildman–Crippen MR) is 78.0 cm³/mol. The molecule has 108 valence electrons. The fourth-order valence-electron chi connectivity index (χ4n) is 1.60. The van der Waals surface area contributed by atoms with Crippen LogP contribution in [0, 0.1) is 0 Å². The first-order valence-electron chi connectivity index (χ1n) is 6.09. The second kappa shape index (κ2) is 7.58. The molecule has 6 nitrogen and oxygen atoms in total. The summed E-state index contributed by atoms with van der Waals surface area (Å²) in [6.07, 6.45) is 0. The Hall–Kier alpha value is -1.15. The van der Waals surface area contributed by atoms with Crippen LogP contribution in [0.25, 0.3) is 0 Å². The van der Waals surface area contributed by atoms with Crippen LogP contribution < -0.4 is 5.32 Å². The van der Waals surface area contributed by atoms with Crippen LogP contribution >= 0.6 is 23.4 Å². The Morgan fingerprint density at radius 1 is 1.45 bits per heavy atom. The van der Waals surface area contributed by atoms with Crippen LogP contribution in [0.2, 0.25) is 5.02 Å². The number of nitrogens with zero attached hydrogens (tertiary/aromatic N) is 4. The van der Waals surface area contributed by atoms with Gasteiger partial charge in [-0.05, 0) is 33.8 Å². The van der Waals surface area contributed by atoms with Gasteiger partial charge in [-0.15, -0.1) is 5.10 Å². The molecule has 0 aliphatic heterocycles. The van der Waals surface area contributed by atoms with Gasteiger partial charge in [-0.25, -0.2) is 4.68 Å². The average molecular weight is 314 g/mol. The summed E-state index contributed by atoms with van der Waals surface area (Å²) in [6.45, 7) is 2.19.